The largest absolute Gasteiger partial charge is 0.481 e. The number of carboxylic acids is 1. The molecule has 0 heterocycles. The minimum absolute atomic E-state index is 0.0984. The summed E-state index contributed by atoms with van der Waals surface area (Å²) in [6.45, 7) is 9.49. The molecule has 0 aromatic heterocycles. The van der Waals surface area contributed by atoms with E-state index >= 15 is 0 Å². The summed E-state index contributed by atoms with van der Waals surface area (Å²) < 4.78 is 0. The zero-order valence-electron chi connectivity index (χ0n) is 19.1. The van der Waals surface area contributed by atoms with Crippen molar-refractivity contribution in [3.63, 3.8) is 0 Å². The highest BCUT2D eigenvalue weighted by Gasteiger charge is 2.41. The van der Waals surface area contributed by atoms with Gasteiger partial charge >= 0.3 is 5.97 Å². The highest BCUT2D eigenvalue weighted by molar-refractivity contribution is 5.98. The van der Waals surface area contributed by atoms with Gasteiger partial charge in [-0.25, -0.2) is 0 Å². The fraction of sp³-hybridized carbons (Fsp3) is 0.423. The molecule has 0 aliphatic heterocycles. The molecular weight excluding hydrogens is 390 g/mol. The fourth-order valence-corrected chi connectivity index (χ4v) is 4.49. The van der Waals surface area contributed by atoms with Crippen LogP contribution in [0, 0.1) is 23.7 Å². The predicted octanol–water partition coefficient (Wildman–Crippen LogP) is 5.25. The van der Waals surface area contributed by atoms with Crippen LogP contribution in [0.1, 0.15) is 62.9 Å². The third-order valence-electron chi connectivity index (χ3n) is 5.81. The second-order valence-corrected chi connectivity index (χ2v) is 9.93. The SMILES string of the molecule is Cc1ccc(-c2ccc(C(=O)CC(C(=O)O)C(C)(C)CC(C)(C)CC(N)=O)cc2)cc1. The first kappa shape index (κ1) is 24.3. The van der Waals surface area contributed by atoms with Gasteiger partial charge in [0.05, 0.1) is 5.92 Å². The molecule has 166 valence electrons. The number of hydrogen-bond donors (Lipinski definition) is 2. The number of carbonyl (C=O) groups excluding carboxylic acids is 2. The lowest BCUT2D eigenvalue weighted by Gasteiger charge is -2.38. The van der Waals surface area contributed by atoms with E-state index in [9.17, 15) is 19.5 Å². The molecule has 0 fully saturated rings. The van der Waals surface area contributed by atoms with Crippen molar-refractivity contribution in [3.05, 3.63) is 59.7 Å². The molecule has 1 atom stereocenters. The Morgan fingerprint density at radius 3 is 1.84 bits per heavy atom. The monoisotopic (exact) mass is 423 g/mol. The molecule has 5 nitrogen and oxygen atoms in total. The zero-order valence-corrected chi connectivity index (χ0v) is 19.1. The van der Waals surface area contributed by atoms with E-state index in [4.69, 9.17) is 5.73 Å². The number of aryl methyl sites for hydroxylation is 1. The fourth-order valence-electron chi connectivity index (χ4n) is 4.49. The summed E-state index contributed by atoms with van der Waals surface area (Å²) in [6.07, 6.45) is 0.523. The van der Waals surface area contributed by atoms with E-state index in [2.05, 4.69) is 0 Å². The normalized spacial score (nSPS) is 12.9. The molecule has 0 aliphatic carbocycles. The number of ketones is 1. The first-order valence-electron chi connectivity index (χ1n) is 10.5. The zero-order chi connectivity index (χ0) is 23.4. The van der Waals surface area contributed by atoms with Crippen LogP contribution in [0.4, 0.5) is 0 Å². The molecule has 0 saturated heterocycles. The minimum Gasteiger partial charge on any atom is -0.481 e. The van der Waals surface area contributed by atoms with Gasteiger partial charge in [-0.1, -0.05) is 81.8 Å². The second kappa shape index (κ2) is 9.46. The minimum atomic E-state index is -1.01. The quantitative estimate of drug-likeness (QED) is 0.510. The van der Waals surface area contributed by atoms with E-state index < -0.39 is 28.6 Å². The van der Waals surface area contributed by atoms with Crippen molar-refractivity contribution in [2.75, 3.05) is 0 Å². The molecule has 1 unspecified atom stereocenters. The molecular formula is C26H33NO4. The number of nitrogens with two attached hydrogens (primary N) is 1. The number of rotatable bonds is 10. The van der Waals surface area contributed by atoms with Crippen LogP contribution in [0.2, 0.25) is 0 Å². The average Bonchev–Trinajstić information content (AvgIpc) is 2.64. The molecule has 0 spiro atoms. The Hall–Kier alpha value is -2.95. The molecule has 0 aliphatic rings. The van der Waals surface area contributed by atoms with Crippen LogP contribution in [0.3, 0.4) is 0 Å². The number of primary amides is 1. The number of benzene rings is 2. The Kier molecular flexibility index (Phi) is 7.42. The standard InChI is InChI=1S/C26H33NO4/c1-17-6-8-18(9-7-17)19-10-12-20(13-11-19)22(28)14-21(24(30)31)26(4,5)16-25(2,3)15-23(27)29/h6-13,21H,14-16H2,1-5H3,(H2,27,29)(H,30,31). The van der Waals surface area contributed by atoms with Crippen molar-refractivity contribution in [3.8, 4) is 11.1 Å². The van der Waals surface area contributed by atoms with E-state index in [-0.39, 0.29) is 18.6 Å². The highest BCUT2D eigenvalue weighted by Crippen LogP contribution is 2.42. The molecule has 0 radical (unpaired) electrons. The van der Waals surface area contributed by atoms with Crippen LogP contribution in [-0.4, -0.2) is 22.8 Å². The van der Waals surface area contributed by atoms with Gasteiger partial charge in [-0.05, 0) is 35.3 Å². The number of amides is 1. The average molecular weight is 424 g/mol. The van der Waals surface area contributed by atoms with Crippen molar-refractivity contribution in [2.24, 2.45) is 22.5 Å². The third kappa shape index (κ3) is 6.78. The van der Waals surface area contributed by atoms with Gasteiger partial charge in [-0.15, -0.1) is 0 Å². The third-order valence-corrected chi connectivity index (χ3v) is 5.81. The number of carbonyl (C=O) groups is 3. The topological polar surface area (TPSA) is 97.5 Å². The summed E-state index contributed by atoms with van der Waals surface area (Å²) >= 11 is 0. The lowest BCUT2D eigenvalue weighted by molar-refractivity contribution is -0.146. The molecule has 3 N–H and O–H groups in total. The van der Waals surface area contributed by atoms with Gasteiger partial charge in [0, 0.05) is 18.4 Å². The Labute approximate surface area is 184 Å². The van der Waals surface area contributed by atoms with Gasteiger partial charge in [0.15, 0.2) is 5.78 Å². The Morgan fingerprint density at radius 1 is 0.903 bits per heavy atom. The first-order valence-corrected chi connectivity index (χ1v) is 10.5. The molecule has 5 heteroatoms. The molecule has 2 aromatic carbocycles. The van der Waals surface area contributed by atoms with Gasteiger partial charge < -0.3 is 10.8 Å². The maximum atomic E-state index is 12.9. The lowest BCUT2D eigenvalue weighted by atomic mass is 9.65. The second-order valence-electron chi connectivity index (χ2n) is 9.93. The van der Waals surface area contributed by atoms with Gasteiger partial charge in [-0.2, -0.15) is 0 Å². The Bertz CT molecular complexity index is 940. The van der Waals surface area contributed by atoms with E-state index in [1.165, 1.54) is 5.56 Å². The molecule has 0 saturated carbocycles. The molecule has 31 heavy (non-hydrogen) atoms. The number of carboxylic acid groups (broad SMARTS) is 1. The van der Waals surface area contributed by atoms with Gasteiger partial charge in [-0.3, -0.25) is 14.4 Å². The van der Waals surface area contributed by atoms with Gasteiger partial charge in [0.25, 0.3) is 0 Å². The summed E-state index contributed by atoms with van der Waals surface area (Å²) in [5.41, 5.74) is 7.93. The Balaban J connectivity index is 2.17. The van der Waals surface area contributed by atoms with Crippen LogP contribution < -0.4 is 5.73 Å². The maximum Gasteiger partial charge on any atom is 0.307 e. The van der Waals surface area contributed by atoms with Crippen molar-refractivity contribution >= 4 is 17.7 Å². The molecule has 2 rings (SSSR count). The van der Waals surface area contributed by atoms with Gasteiger partial charge in [0.2, 0.25) is 5.91 Å². The van der Waals surface area contributed by atoms with E-state index in [0.717, 1.165) is 11.1 Å². The van der Waals surface area contributed by atoms with Gasteiger partial charge in [0.1, 0.15) is 0 Å². The van der Waals surface area contributed by atoms with Crippen LogP contribution in [0.15, 0.2) is 48.5 Å². The number of hydrogen-bond acceptors (Lipinski definition) is 3. The van der Waals surface area contributed by atoms with Crippen molar-refractivity contribution in [1.29, 1.82) is 0 Å². The van der Waals surface area contributed by atoms with Crippen LogP contribution in [0.5, 0.6) is 0 Å². The number of Topliss-reactive ketones (excluding diaryl/α,β-unsaturated/α-hetero) is 1. The summed E-state index contributed by atoms with van der Waals surface area (Å²) in [7, 11) is 0. The molecule has 1 amide bonds. The van der Waals surface area contributed by atoms with Crippen molar-refractivity contribution in [1.82, 2.24) is 0 Å². The molecule has 2 aromatic rings. The summed E-state index contributed by atoms with van der Waals surface area (Å²) in [5, 5.41) is 9.85. The summed E-state index contributed by atoms with van der Waals surface area (Å²) in [4.78, 5) is 36.3. The summed E-state index contributed by atoms with van der Waals surface area (Å²) in [5.74, 6) is -2.51. The van der Waals surface area contributed by atoms with Crippen LogP contribution in [-0.2, 0) is 9.59 Å². The smallest absolute Gasteiger partial charge is 0.307 e. The Morgan fingerprint density at radius 2 is 1.39 bits per heavy atom. The summed E-state index contributed by atoms with van der Waals surface area (Å²) in [6, 6.07) is 15.4. The van der Waals surface area contributed by atoms with E-state index in [1.807, 2.05) is 71.0 Å². The highest BCUT2D eigenvalue weighted by atomic mass is 16.4. The maximum absolute atomic E-state index is 12.9. The first-order chi connectivity index (χ1) is 14.3. The lowest BCUT2D eigenvalue weighted by Crippen LogP contribution is -2.37. The van der Waals surface area contributed by atoms with E-state index in [1.54, 1.807) is 12.1 Å². The molecule has 0 bridgehead atoms. The van der Waals surface area contributed by atoms with Crippen LogP contribution in [0.25, 0.3) is 11.1 Å². The van der Waals surface area contributed by atoms with E-state index in [0.29, 0.717) is 12.0 Å². The predicted molar refractivity (Wildman–Crippen MR) is 123 cm³/mol. The van der Waals surface area contributed by atoms with Crippen molar-refractivity contribution in [2.45, 2.75) is 53.9 Å². The van der Waals surface area contributed by atoms with Crippen molar-refractivity contribution < 1.29 is 19.5 Å². The number of aliphatic carboxylic acids is 1. The van der Waals surface area contributed by atoms with Crippen LogP contribution >= 0.6 is 0 Å².